The molecule has 1 amide bonds. The minimum Gasteiger partial charge on any atom is -0.455 e. The number of hydrazone groups is 1. The fraction of sp³-hybridized carbons (Fsp3) is 0.0769. The summed E-state index contributed by atoms with van der Waals surface area (Å²) in [5.41, 5.74) is 2.83. The second-order valence-electron chi connectivity index (χ2n) is 3.66. The number of furan rings is 1. The summed E-state index contributed by atoms with van der Waals surface area (Å²) in [4.78, 5) is 10.8. The lowest BCUT2D eigenvalue weighted by Crippen LogP contribution is -2.16. The van der Waals surface area contributed by atoms with Crippen LogP contribution in [0.15, 0.2) is 39.9 Å². The molecule has 5 nitrogen and oxygen atoms in total. The molecule has 1 heterocycles. The number of benzene rings is 1. The standard InChI is InChI=1S/C13H10Cl2N2O3/c1-19-13(18)17-16-7-8-5-6-11(20-8)9-3-2-4-10(14)12(9)15/h2-7H,1H3,(H,17,18)/b16-7-. The van der Waals surface area contributed by atoms with E-state index in [1.165, 1.54) is 13.3 Å². The van der Waals surface area contributed by atoms with Crippen molar-refractivity contribution in [3.8, 4) is 11.3 Å². The summed E-state index contributed by atoms with van der Waals surface area (Å²) in [6.07, 6.45) is 0.685. The van der Waals surface area contributed by atoms with E-state index in [2.05, 4.69) is 15.3 Å². The topological polar surface area (TPSA) is 63.8 Å². The van der Waals surface area contributed by atoms with Crippen molar-refractivity contribution in [1.82, 2.24) is 5.43 Å². The van der Waals surface area contributed by atoms with Crippen LogP contribution in [-0.4, -0.2) is 19.4 Å². The second-order valence-corrected chi connectivity index (χ2v) is 4.45. The number of methoxy groups -OCH3 is 1. The van der Waals surface area contributed by atoms with E-state index in [4.69, 9.17) is 27.6 Å². The van der Waals surface area contributed by atoms with Gasteiger partial charge in [0.2, 0.25) is 0 Å². The van der Waals surface area contributed by atoms with Crippen LogP contribution in [0.25, 0.3) is 11.3 Å². The second kappa shape index (κ2) is 6.45. The average molecular weight is 313 g/mol. The average Bonchev–Trinajstić information content (AvgIpc) is 2.90. The van der Waals surface area contributed by atoms with E-state index in [0.717, 1.165) is 0 Å². The van der Waals surface area contributed by atoms with Gasteiger partial charge in [-0.15, -0.1) is 0 Å². The van der Waals surface area contributed by atoms with Crippen molar-refractivity contribution in [3.63, 3.8) is 0 Å². The lowest BCUT2D eigenvalue weighted by molar-refractivity contribution is 0.171. The molecule has 1 N–H and O–H groups in total. The number of hydrogen-bond donors (Lipinski definition) is 1. The lowest BCUT2D eigenvalue weighted by Gasteiger charge is -2.01. The molecular weight excluding hydrogens is 303 g/mol. The Morgan fingerprint density at radius 3 is 2.90 bits per heavy atom. The summed E-state index contributed by atoms with van der Waals surface area (Å²) in [5, 5.41) is 4.52. The Bertz CT molecular complexity index is 653. The van der Waals surface area contributed by atoms with Crippen LogP contribution in [0, 0.1) is 0 Å². The van der Waals surface area contributed by atoms with E-state index >= 15 is 0 Å². The van der Waals surface area contributed by atoms with Gasteiger partial charge in [0.1, 0.15) is 11.5 Å². The van der Waals surface area contributed by atoms with E-state index in [1.807, 2.05) is 0 Å². The Kier molecular flexibility index (Phi) is 4.65. The van der Waals surface area contributed by atoms with Gasteiger partial charge in [-0.1, -0.05) is 29.3 Å². The van der Waals surface area contributed by atoms with Crippen LogP contribution >= 0.6 is 23.2 Å². The van der Waals surface area contributed by atoms with Crippen LogP contribution in [-0.2, 0) is 4.74 Å². The zero-order valence-electron chi connectivity index (χ0n) is 10.4. The number of hydrogen-bond acceptors (Lipinski definition) is 4. The number of nitrogens with zero attached hydrogens (tertiary/aromatic N) is 1. The summed E-state index contributed by atoms with van der Waals surface area (Å²) in [6.45, 7) is 0. The summed E-state index contributed by atoms with van der Waals surface area (Å²) in [7, 11) is 1.25. The first kappa shape index (κ1) is 14.4. The fourth-order valence-electron chi connectivity index (χ4n) is 1.46. The van der Waals surface area contributed by atoms with E-state index in [-0.39, 0.29) is 0 Å². The van der Waals surface area contributed by atoms with Gasteiger partial charge in [-0.25, -0.2) is 10.2 Å². The summed E-state index contributed by atoms with van der Waals surface area (Å²) >= 11 is 12.0. The molecule has 0 radical (unpaired) electrons. The molecule has 0 saturated heterocycles. The van der Waals surface area contributed by atoms with E-state index in [0.29, 0.717) is 27.1 Å². The SMILES string of the molecule is COC(=O)N/N=C\c1ccc(-c2cccc(Cl)c2Cl)o1. The highest BCUT2D eigenvalue weighted by Crippen LogP contribution is 2.33. The molecule has 0 unspecified atom stereocenters. The molecule has 2 aromatic rings. The third-order valence-corrected chi connectivity index (χ3v) is 3.20. The van der Waals surface area contributed by atoms with E-state index in [1.54, 1.807) is 30.3 Å². The van der Waals surface area contributed by atoms with Gasteiger partial charge in [-0.2, -0.15) is 5.10 Å². The Morgan fingerprint density at radius 1 is 1.35 bits per heavy atom. The van der Waals surface area contributed by atoms with Gasteiger partial charge in [-0.3, -0.25) is 0 Å². The molecular formula is C13H10Cl2N2O3. The molecule has 0 aliphatic heterocycles. The highest BCUT2D eigenvalue weighted by molar-refractivity contribution is 6.43. The molecule has 0 spiro atoms. The lowest BCUT2D eigenvalue weighted by atomic mass is 10.2. The molecule has 2 rings (SSSR count). The predicted molar refractivity (Wildman–Crippen MR) is 77.3 cm³/mol. The third kappa shape index (κ3) is 3.31. The van der Waals surface area contributed by atoms with Crippen LogP contribution in [0.1, 0.15) is 5.76 Å². The van der Waals surface area contributed by atoms with E-state index in [9.17, 15) is 4.79 Å². The molecule has 0 fully saturated rings. The highest BCUT2D eigenvalue weighted by atomic mass is 35.5. The smallest absolute Gasteiger partial charge is 0.427 e. The van der Waals surface area contributed by atoms with E-state index < -0.39 is 6.09 Å². The first-order valence-corrected chi connectivity index (χ1v) is 6.28. The zero-order valence-corrected chi connectivity index (χ0v) is 11.9. The maximum atomic E-state index is 10.8. The number of carbonyl (C=O) groups is 1. The molecule has 20 heavy (non-hydrogen) atoms. The number of nitrogens with one attached hydrogen (secondary N) is 1. The first-order valence-electron chi connectivity index (χ1n) is 5.53. The quantitative estimate of drug-likeness (QED) is 0.689. The number of ether oxygens (including phenoxy) is 1. The Morgan fingerprint density at radius 2 is 2.15 bits per heavy atom. The monoisotopic (exact) mass is 312 g/mol. The summed E-state index contributed by atoms with van der Waals surface area (Å²) in [5.74, 6) is 1.00. The number of halogens is 2. The van der Waals surface area contributed by atoms with Crippen molar-refractivity contribution in [2.75, 3.05) is 7.11 Å². The molecule has 0 atom stereocenters. The zero-order chi connectivity index (χ0) is 14.5. The molecule has 0 saturated carbocycles. The molecule has 0 aliphatic rings. The normalized spacial score (nSPS) is 10.8. The van der Waals surface area contributed by atoms with Crippen molar-refractivity contribution in [2.24, 2.45) is 5.10 Å². The van der Waals surface area contributed by atoms with Crippen molar-refractivity contribution in [1.29, 1.82) is 0 Å². The van der Waals surface area contributed by atoms with Crippen LogP contribution in [0.4, 0.5) is 4.79 Å². The third-order valence-electron chi connectivity index (χ3n) is 2.38. The van der Waals surface area contributed by atoms with Gasteiger partial charge < -0.3 is 9.15 Å². The van der Waals surface area contributed by atoms with Crippen LogP contribution in [0.3, 0.4) is 0 Å². The predicted octanol–water partition coefficient (Wildman–Crippen LogP) is 3.94. The number of carbonyl (C=O) groups excluding carboxylic acids is 1. The van der Waals surface area contributed by atoms with Gasteiger partial charge in [0.25, 0.3) is 0 Å². The molecule has 104 valence electrons. The highest BCUT2D eigenvalue weighted by Gasteiger charge is 2.10. The number of rotatable bonds is 3. The Labute approximate surface area is 125 Å². The van der Waals surface area contributed by atoms with Gasteiger partial charge >= 0.3 is 6.09 Å². The number of amides is 1. The molecule has 0 bridgehead atoms. The van der Waals surface area contributed by atoms with Gasteiger partial charge in [0, 0.05) is 5.56 Å². The van der Waals surface area contributed by atoms with Gasteiger partial charge in [-0.05, 0) is 24.3 Å². The molecule has 1 aromatic carbocycles. The summed E-state index contributed by atoms with van der Waals surface area (Å²) < 4.78 is 9.90. The van der Waals surface area contributed by atoms with Crippen molar-refractivity contribution >= 4 is 35.5 Å². The minimum absolute atomic E-state index is 0.416. The summed E-state index contributed by atoms with van der Waals surface area (Å²) in [6, 6.07) is 8.68. The molecule has 7 heteroatoms. The molecule has 1 aromatic heterocycles. The maximum absolute atomic E-state index is 10.8. The van der Waals surface area contributed by atoms with Gasteiger partial charge in [0.15, 0.2) is 0 Å². The fourth-order valence-corrected chi connectivity index (χ4v) is 1.85. The molecule has 0 aliphatic carbocycles. The largest absolute Gasteiger partial charge is 0.455 e. The van der Waals surface area contributed by atoms with Crippen molar-refractivity contribution in [2.45, 2.75) is 0 Å². The first-order chi connectivity index (χ1) is 9.61. The Hall–Kier alpha value is -1.98. The van der Waals surface area contributed by atoms with Crippen LogP contribution in [0.2, 0.25) is 10.0 Å². The maximum Gasteiger partial charge on any atom is 0.427 e. The Balaban J connectivity index is 2.17. The van der Waals surface area contributed by atoms with Crippen molar-refractivity contribution in [3.05, 3.63) is 46.1 Å². The van der Waals surface area contributed by atoms with Crippen LogP contribution in [0.5, 0.6) is 0 Å². The van der Waals surface area contributed by atoms with Crippen LogP contribution < -0.4 is 5.43 Å². The van der Waals surface area contributed by atoms with Crippen molar-refractivity contribution < 1.29 is 13.9 Å². The van der Waals surface area contributed by atoms with Gasteiger partial charge in [0.05, 0.1) is 23.4 Å². The minimum atomic E-state index is -0.661.